The predicted octanol–water partition coefficient (Wildman–Crippen LogP) is -0.472. The zero-order chi connectivity index (χ0) is 17.8. The fraction of sp³-hybridized carbons (Fsp3) is 0.500. The van der Waals surface area contributed by atoms with Gasteiger partial charge in [0.25, 0.3) is 5.91 Å². The molecule has 8 nitrogen and oxygen atoms in total. The normalized spacial score (nSPS) is 20.0. The number of ether oxygens (including phenoxy) is 1. The van der Waals surface area contributed by atoms with Gasteiger partial charge in [-0.25, -0.2) is 21.6 Å². The summed E-state index contributed by atoms with van der Waals surface area (Å²) in [5, 5.41) is 2.65. The molecule has 0 aromatic heterocycles. The predicted molar refractivity (Wildman–Crippen MR) is 88.0 cm³/mol. The lowest BCUT2D eigenvalue weighted by Gasteiger charge is -2.11. The summed E-state index contributed by atoms with van der Waals surface area (Å²) in [4.78, 5) is 12.1. The van der Waals surface area contributed by atoms with Gasteiger partial charge in [0.1, 0.15) is 0 Å². The quantitative estimate of drug-likeness (QED) is 0.621. The van der Waals surface area contributed by atoms with Gasteiger partial charge in [0.15, 0.2) is 9.84 Å². The van der Waals surface area contributed by atoms with E-state index >= 15 is 0 Å². The summed E-state index contributed by atoms with van der Waals surface area (Å²) in [6.45, 7) is 0.404. The average molecular weight is 376 g/mol. The van der Waals surface area contributed by atoms with E-state index in [1.54, 1.807) is 0 Å². The Bertz CT molecular complexity index is 787. The van der Waals surface area contributed by atoms with Gasteiger partial charge in [-0.3, -0.25) is 4.79 Å². The SMILES string of the molecule is COCCNS(=O)(=O)c1ccc(C(=O)NC2CCS(=O)(=O)C2)cc1. The van der Waals surface area contributed by atoms with Crippen molar-refractivity contribution in [2.75, 3.05) is 31.8 Å². The average Bonchev–Trinajstić information content (AvgIpc) is 2.86. The van der Waals surface area contributed by atoms with Gasteiger partial charge < -0.3 is 10.1 Å². The zero-order valence-corrected chi connectivity index (χ0v) is 14.8. The first-order chi connectivity index (χ1) is 11.2. The smallest absolute Gasteiger partial charge is 0.251 e. The number of hydrogen-bond donors (Lipinski definition) is 2. The molecule has 1 aromatic rings. The maximum absolute atomic E-state index is 12.1. The summed E-state index contributed by atoms with van der Waals surface area (Å²) in [7, 11) is -5.26. The van der Waals surface area contributed by atoms with Gasteiger partial charge in [-0.2, -0.15) is 0 Å². The van der Waals surface area contributed by atoms with E-state index in [-0.39, 0.29) is 35.1 Å². The van der Waals surface area contributed by atoms with Crippen molar-refractivity contribution in [2.45, 2.75) is 17.4 Å². The van der Waals surface area contributed by atoms with E-state index in [1.807, 2.05) is 0 Å². The molecule has 1 saturated heterocycles. The van der Waals surface area contributed by atoms with Crippen LogP contribution in [0.15, 0.2) is 29.2 Å². The molecule has 1 unspecified atom stereocenters. The Balaban J connectivity index is 2.00. The monoisotopic (exact) mass is 376 g/mol. The number of sulfonamides is 1. The Morgan fingerprint density at radius 2 is 1.96 bits per heavy atom. The van der Waals surface area contributed by atoms with Crippen molar-refractivity contribution in [3.8, 4) is 0 Å². The van der Waals surface area contributed by atoms with Gasteiger partial charge in [-0.05, 0) is 30.7 Å². The highest BCUT2D eigenvalue weighted by molar-refractivity contribution is 7.91. The summed E-state index contributed by atoms with van der Waals surface area (Å²) in [6.07, 6.45) is 0.393. The maximum Gasteiger partial charge on any atom is 0.251 e. The number of nitrogens with one attached hydrogen (secondary N) is 2. The Morgan fingerprint density at radius 3 is 2.50 bits per heavy atom. The van der Waals surface area contributed by atoms with Crippen molar-refractivity contribution >= 4 is 25.8 Å². The van der Waals surface area contributed by atoms with Crippen molar-refractivity contribution in [1.82, 2.24) is 10.0 Å². The molecule has 2 rings (SSSR count). The maximum atomic E-state index is 12.1. The molecule has 1 aliphatic rings. The lowest BCUT2D eigenvalue weighted by Crippen LogP contribution is -2.35. The molecule has 1 fully saturated rings. The molecule has 1 aromatic carbocycles. The number of amides is 1. The molecule has 0 bridgehead atoms. The van der Waals surface area contributed by atoms with Crippen LogP contribution in [0.2, 0.25) is 0 Å². The second kappa shape index (κ2) is 7.60. The molecule has 1 atom stereocenters. The first-order valence-corrected chi connectivity index (χ1v) is 10.6. The number of benzene rings is 1. The molecule has 0 saturated carbocycles. The van der Waals surface area contributed by atoms with Gasteiger partial charge in [0, 0.05) is 25.3 Å². The van der Waals surface area contributed by atoms with Crippen LogP contribution in [0.3, 0.4) is 0 Å². The molecule has 0 aliphatic carbocycles. The van der Waals surface area contributed by atoms with E-state index in [0.717, 1.165) is 0 Å². The van der Waals surface area contributed by atoms with Crippen molar-refractivity contribution in [1.29, 1.82) is 0 Å². The fourth-order valence-electron chi connectivity index (χ4n) is 2.32. The number of methoxy groups -OCH3 is 1. The van der Waals surface area contributed by atoms with Crippen LogP contribution < -0.4 is 10.0 Å². The molecular weight excluding hydrogens is 356 g/mol. The van der Waals surface area contributed by atoms with Crippen LogP contribution in [-0.4, -0.2) is 60.6 Å². The topological polar surface area (TPSA) is 119 Å². The van der Waals surface area contributed by atoms with E-state index in [4.69, 9.17) is 4.74 Å². The van der Waals surface area contributed by atoms with Gasteiger partial charge >= 0.3 is 0 Å². The Hall–Kier alpha value is -1.49. The minimum Gasteiger partial charge on any atom is -0.383 e. The largest absolute Gasteiger partial charge is 0.383 e. The molecule has 134 valence electrons. The third-order valence-corrected chi connectivity index (χ3v) is 6.84. The van der Waals surface area contributed by atoms with E-state index < -0.39 is 31.8 Å². The number of carbonyl (C=O) groups is 1. The van der Waals surface area contributed by atoms with E-state index in [1.165, 1.54) is 31.4 Å². The highest BCUT2D eigenvalue weighted by atomic mass is 32.2. The fourth-order valence-corrected chi connectivity index (χ4v) is 5.01. The van der Waals surface area contributed by atoms with E-state index in [9.17, 15) is 21.6 Å². The van der Waals surface area contributed by atoms with Crippen LogP contribution in [0.1, 0.15) is 16.8 Å². The Labute approximate surface area is 141 Å². The van der Waals surface area contributed by atoms with Crippen LogP contribution in [0.25, 0.3) is 0 Å². The second-order valence-corrected chi connectivity index (χ2v) is 9.48. The molecule has 0 spiro atoms. The minimum atomic E-state index is -3.65. The van der Waals surface area contributed by atoms with Gasteiger partial charge in [-0.15, -0.1) is 0 Å². The van der Waals surface area contributed by atoms with Crippen molar-refractivity contribution in [3.05, 3.63) is 29.8 Å². The third kappa shape index (κ3) is 5.00. The van der Waals surface area contributed by atoms with Crippen LogP contribution in [0, 0.1) is 0 Å². The highest BCUT2D eigenvalue weighted by Crippen LogP contribution is 2.14. The zero-order valence-electron chi connectivity index (χ0n) is 13.2. The summed E-state index contributed by atoms with van der Waals surface area (Å²) in [6, 6.07) is 5.04. The third-order valence-electron chi connectivity index (χ3n) is 3.59. The highest BCUT2D eigenvalue weighted by Gasteiger charge is 2.29. The molecule has 10 heteroatoms. The standard InChI is InChI=1S/C14H20N2O6S2/c1-22-8-7-15-24(20,21)13-4-2-11(3-5-13)14(17)16-12-6-9-23(18,19)10-12/h2-5,12,15H,6-10H2,1H3,(H,16,17). The lowest BCUT2D eigenvalue weighted by molar-refractivity contribution is 0.0941. The summed E-state index contributed by atoms with van der Waals surface area (Å²) in [5.41, 5.74) is 0.273. The van der Waals surface area contributed by atoms with E-state index in [0.29, 0.717) is 6.42 Å². The Kier molecular flexibility index (Phi) is 5.97. The van der Waals surface area contributed by atoms with Crippen LogP contribution >= 0.6 is 0 Å². The number of rotatable bonds is 7. The van der Waals surface area contributed by atoms with Crippen LogP contribution in [-0.2, 0) is 24.6 Å². The van der Waals surface area contributed by atoms with Gasteiger partial charge in [0.05, 0.1) is 23.0 Å². The number of carbonyl (C=O) groups excluding carboxylic acids is 1. The van der Waals surface area contributed by atoms with Crippen molar-refractivity contribution in [3.63, 3.8) is 0 Å². The molecule has 24 heavy (non-hydrogen) atoms. The van der Waals surface area contributed by atoms with Crippen LogP contribution in [0.5, 0.6) is 0 Å². The van der Waals surface area contributed by atoms with Crippen molar-refractivity contribution in [2.24, 2.45) is 0 Å². The van der Waals surface area contributed by atoms with Crippen LogP contribution in [0.4, 0.5) is 0 Å². The number of sulfone groups is 1. The first kappa shape index (κ1) is 18.8. The van der Waals surface area contributed by atoms with E-state index in [2.05, 4.69) is 10.0 Å². The molecule has 1 amide bonds. The second-order valence-electron chi connectivity index (χ2n) is 5.49. The lowest BCUT2D eigenvalue weighted by atomic mass is 10.2. The number of hydrogen-bond acceptors (Lipinski definition) is 6. The molecule has 2 N–H and O–H groups in total. The van der Waals surface area contributed by atoms with Gasteiger partial charge in [-0.1, -0.05) is 0 Å². The Morgan fingerprint density at radius 1 is 1.29 bits per heavy atom. The first-order valence-electron chi connectivity index (χ1n) is 7.33. The van der Waals surface area contributed by atoms with Gasteiger partial charge in [0.2, 0.25) is 10.0 Å². The summed E-state index contributed by atoms with van der Waals surface area (Å²) < 4.78 is 53.9. The molecule has 1 aliphatic heterocycles. The molecule has 1 heterocycles. The minimum absolute atomic E-state index is 0.0404. The van der Waals surface area contributed by atoms with Crippen molar-refractivity contribution < 1.29 is 26.4 Å². The summed E-state index contributed by atoms with van der Waals surface area (Å²) >= 11 is 0. The molecule has 0 radical (unpaired) electrons. The summed E-state index contributed by atoms with van der Waals surface area (Å²) in [5.74, 6) is -0.412. The molecular formula is C14H20N2O6S2.